The van der Waals surface area contributed by atoms with Crippen molar-refractivity contribution >= 4 is 31.9 Å². The van der Waals surface area contributed by atoms with E-state index < -0.39 is 31.7 Å². The van der Waals surface area contributed by atoms with Crippen LogP contribution in [0.4, 0.5) is 0 Å². The van der Waals surface area contributed by atoms with Gasteiger partial charge < -0.3 is 4.84 Å². The fourth-order valence-electron chi connectivity index (χ4n) is 2.94. The van der Waals surface area contributed by atoms with Crippen LogP contribution in [-0.2, 0) is 29.9 Å². The van der Waals surface area contributed by atoms with Crippen LogP contribution in [0.5, 0.6) is 0 Å². The Morgan fingerprint density at radius 1 is 1.39 bits per heavy atom. The van der Waals surface area contributed by atoms with Crippen molar-refractivity contribution in [2.24, 2.45) is 17.0 Å². The summed E-state index contributed by atoms with van der Waals surface area (Å²) >= 11 is 0. The number of nitrogens with zero attached hydrogens (tertiary/aromatic N) is 2. The molecule has 132 valence electrons. The standard InChI is InChI=1S/C12H21N3O6S2/c1-8(2)10-9-6-5-7-12(9,21-13-10)11(16)14-23(19,20)15(3)22(4,17)18/h8-9H,5-7H2,1-4H3,(H,14,16). The summed E-state index contributed by atoms with van der Waals surface area (Å²) in [7, 11) is -7.68. The molecular formula is C12H21N3O6S2. The van der Waals surface area contributed by atoms with Gasteiger partial charge in [-0.25, -0.2) is 13.1 Å². The summed E-state index contributed by atoms with van der Waals surface area (Å²) in [6, 6.07) is 0. The maximum absolute atomic E-state index is 12.6. The van der Waals surface area contributed by atoms with Crippen molar-refractivity contribution in [3.05, 3.63) is 0 Å². The number of carbonyl (C=O) groups is 1. The van der Waals surface area contributed by atoms with Crippen molar-refractivity contribution in [3.63, 3.8) is 0 Å². The van der Waals surface area contributed by atoms with Gasteiger partial charge in [0.2, 0.25) is 15.6 Å². The van der Waals surface area contributed by atoms with E-state index in [1.54, 1.807) is 0 Å². The molecule has 23 heavy (non-hydrogen) atoms. The molecule has 0 aromatic heterocycles. The van der Waals surface area contributed by atoms with Gasteiger partial charge in [-0.1, -0.05) is 22.7 Å². The first-order valence-corrected chi connectivity index (χ1v) is 10.5. The molecule has 1 amide bonds. The van der Waals surface area contributed by atoms with E-state index in [0.717, 1.165) is 19.0 Å². The van der Waals surface area contributed by atoms with E-state index in [0.29, 0.717) is 19.3 Å². The van der Waals surface area contributed by atoms with E-state index in [1.807, 2.05) is 18.6 Å². The van der Waals surface area contributed by atoms with Crippen LogP contribution in [0.2, 0.25) is 0 Å². The first-order chi connectivity index (χ1) is 10.4. The number of nitrogens with one attached hydrogen (secondary N) is 1. The number of carbonyl (C=O) groups excluding carboxylic acids is 1. The molecule has 1 aliphatic carbocycles. The van der Waals surface area contributed by atoms with Crippen LogP contribution in [0.25, 0.3) is 0 Å². The van der Waals surface area contributed by atoms with Crippen molar-refractivity contribution in [1.82, 2.24) is 8.43 Å². The van der Waals surface area contributed by atoms with Crippen LogP contribution in [0.3, 0.4) is 0 Å². The molecule has 2 unspecified atom stereocenters. The van der Waals surface area contributed by atoms with E-state index in [-0.39, 0.29) is 15.5 Å². The van der Waals surface area contributed by atoms with Crippen LogP contribution in [0, 0.1) is 11.8 Å². The molecule has 0 aromatic rings. The molecule has 0 spiro atoms. The van der Waals surface area contributed by atoms with E-state index in [2.05, 4.69) is 5.16 Å². The van der Waals surface area contributed by atoms with Crippen molar-refractivity contribution in [2.75, 3.05) is 13.3 Å². The molecule has 2 atom stereocenters. The number of sulfonamides is 1. The lowest BCUT2D eigenvalue weighted by Crippen LogP contribution is -2.54. The van der Waals surface area contributed by atoms with Gasteiger partial charge >= 0.3 is 10.2 Å². The highest BCUT2D eigenvalue weighted by molar-refractivity contribution is 8.03. The smallest absolute Gasteiger partial charge is 0.316 e. The Balaban J connectivity index is 2.25. The van der Waals surface area contributed by atoms with E-state index >= 15 is 0 Å². The van der Waals surface area contributed by atoms with Crippen LogP contribution in [0.1, 0.15) is 33.1 Å². The lowest BCUT2D eigenvalue weighted by Gasteiger charge is -2.27. The summed E-state index contributed by atoms with van der Waals surface area (Å²) in [5.41, 5.74) is -0.642. The average molecular weight is 367 g/mol. The molecule has 1 heterocycles. The normalized spacial score (nSPS) is 27.7. The Kier molecular flexibility index (Phi) is 4.50. The summed E-state index contributed by atoms with van der Waals surface area (Å²) < 4.78 is 48.8. The first-order valence-electron chi connectivity index (χ1n) is 7.19. The van der Waals surface area contributed by atoms with Crippen molar-refractivity contribution in [3.8, 4) is 0 Å². The summed E-state index contributed by atoms with van der Waals surface area (Å²) in [4.78, 5) is 17.9. The molecular weight excluding hydrogens is 346 g/mol. The monoisotopic (exact) mass is 367 g/mol. The molecule has 1 saturated carbocycles. The van der Waals surface area contributed by atoms with Gasteiger partial charge in [-0.15, -0.1) is 0 Å². The molecule has 2 aliphatic rings. The maximum Gasteiger partial charge on any atom is 0.316 e. The van der Waals surface area contributed by atoms with Crippen molar-refractivity contribution in [1.29, 1.82) is 0 Å². The van der Waals surface area contributed by atoms with Crippen LogP contribution in [0.15, 0.2) is 5.16 Å². The van der Waals surface area contributed by atoms with Gasteiger partial charge in [0.15, 0.2) is 0 Å². The Bertz CT molecular complexity index is 743. The highest BCUT2D eigenvalue weighted by atomic mass is 32.3. The minimum atomic E-state index is -4.52. The molecule has 0 radical (unpaired) electrons. The summed E-state index contributed by atoms with van der Waals surface area (Å²) in [5.74, 6) is -1.10. The highest BCUT2D eigenvalue weighted by Crippen LogP contribution is 2.45. The number of hydrogen-bond donors (Lipinski definition) is 1. The second kappa shape index (κ2) is 5.71. The Morgan fingerprint density at radius 2 is 2.00 bits per heavy atom. The lowest BCUT2D eigenvalue weighted by molar-refractivity contribution is -0.144. The quantitative estimate of drug-likeness (QED) is 0.719. The molecule has 0 saturated heterocycles. The molecule has 0 aromatic carbocycles. The van der Waals surface area contributed by atoms with Gasteiger partial charge in [-0.2, -0.15) is 8.42 Å². The highest BCUT2D eigenvalue weighted by Gasteiger charge is 2.58. The maximum atomic E-state index is 12.6. The van der Waals surface area contributed by atoms with Gasteiger partial charge in [0, 0.05) is 7.05 Å². The van der Waals surface area contributed by atoms with Gasteiger partial charge in [0.1, 0.15) is 0 Å². The number of fused-ring (bicyclic) bond motifs is 1. The molecule has 11 heteroatoms. The first kappa shape index (κ1) is 18.1. The van der Waals surface area contributed by atoms with Crippen molar-refractivity contribution < 1.29 is 26.5 Å². The second-order valence-corrected chi connectivity index (χ2v) is 10.1. The zero-order chi connectivity index (χ0) is 17.6. The number of amides is 1. The topological polar surface area (TPSA) is 122 Å². The van der Waals surface area contributed by atoms with E-state index in [4.69, 9.17) is 4.84 Å². The SMILES string of the molecule is CC(C)C1=NOC2(C(=O)NS(=O)(=O)N(C)S(C)(=O)=O)CCCC12. The van der Waals surface area contributed by atoms with Crippen LogP contribution >= 0.6 is 0 Å². The summed E-state index contributed by atoms with van der Waals surface area (Å²) in [5, 5.41) is 3.97. The largest absolute Gasteiger partial charge is 0.378 e. The third kappa shape index (κ3) is 3.09. The molecule has 9 nitrogen and oxygen atoms in total. The zero-order valence-corrected chi connectivity index (χ0v) is 15.1. The number of rotatable bonds is 5. The van der Waals surface area contributed by atoms with Gasteiger partial charge in [-0.3, -0.25) is 4.79 Å². The minimum absolute atomic E-state index is 0.0723. The number of hydrogen-bond acceptors (Lipinski definition) is 7. The third-order valence-corrected chi connectivity index (χ3v) is 7.73. The van der Waals surface area contributed by atoms with Crippen LogP contribution < -0.4 is 4.72 Å². The van der Waals surface area contributed by atoms with Gasteiger partial charge in [0.05, 0.1) is 17.9 Å². The molecule has 1 aliphatic heterocycles. The molecule has 2 rings (SSSR count). The third-order valence-electron chi connectivity index (χ3n) is 4.28. The van der Waals surface area contributed by atoms with Gasteiger partial charge in [-0.05, 0) is 25.2 Å². The molecule has 1 fully saturated rings. The number of oxime groups is 1. The van der Waals surface area contributed by atoms with E-state index in [9.17, 15) is 21.6 Å². The average Bonchev–Trinajstić information content (AvgIpc) is 2.94. The Morgan fingerprint density at radius 3 is 2.52 bits per heavy atom. The summed E-state index contributed by atoms with van der Waals surface area (Å²) in [6.45, 7) is 3.84. The Hall–Kier alpha value is -1.20. The fourth-order valence-corrected chi connectivity index (χ4v) is 5.01. The van der Waals surface area contributed by atoms with Gasteiger partial charge in [0.25, 0.3) is 5.91 Å². The Labute approximate surface area is 136 Å². The molecule has 0 bridgehead atoms. The lowest BCUT2D eigenvalue weighted by atomic mass is 9.83. The van der Waals surface area contributed by atoms with E-state index in [1.165, 1.54) is 0 Å². The predicted octanol–water partition coefficient (Wildman–Crippen LogP) is -0.180. The summed E-state index contributed by atoms with van der Waals surface area (Å²) in [6.07, 6.45) is 2.44. The predicted molar refractivity (Wildman–Crippen MR) is 83.1 cm³/mol. The van der Waals surface area contributed by atoms with Crippen molar-refractivity contribution in [2.45, 2.75) is 38.7 Å². The molecule has 1 N–H and O–H groups in total. The second-order valence-electron chi connectivity index (χ2n) is 6.18. The fraction of sp³-hybridized carbons (Fsp3) is 0.833. The zero-order valence-electron chi connectivity index (χ0n) is 13.4. The van der Waals surface area contributed by atoms with Crippen LogP contribution in [-0.4, -0.2) is 51.1 Å². The minimum Gasteiger partial charge on any atom is -0.378 e.